The maximum Gasteiger partial charge on any atom is 0.239 e. The molecule has 162 valence electrons. The molecule has 1 unspecified atom stereocenters. The number of nitrogens with one attached hydrogen (secondary N) is 2. The number of ether oxygens (including phenoxy) is 1. The van der Waals surface area contributed by atoms with Crippen LogP contribution in [0.4, 0.5) is 0 Å². The summed E-state index contributed by atoms with van der Waals surface area (Å²) < 4.78 is 5.90. The molecule has 2 N–H and O–H groups in total. The summed E-state index contributed by atoms with van der Waals surface area (Å²) in [7, 11) is 1.78. The number of halogens is 1. The summed E-state index contributed by atoms with van der Waals surface area (Å²) in [6.07, 6.45) is 7.05. The zero-order valence-corrected chi connectivity index (χ0v) is 19.8. The van der Waals surface area contributed by atoms with Crippen LogP contribution < -0.4 is 10.6 Å². The van der Waals surface area contributed by atoms with Crippen molar-refractivity contribution in [1.82, 2.24) is 15.5 Å². The fourth-order valence-corrected chi connectivity index (χ4v) is 4.10. The zero-order chi connectivity index (χ0) is 19.6. The number of carbonyl (C=O) groups excluding carboxylic acids is 1. The Balaban J connectivity index is 0.00000300. The molecule has 0 radical (unpaired) electrons. The number of guanidine groups is 1. The Morgan fingerprint density at radius 2 is 1.93 bits per heavy atom. The first-order valence-electron chi connectivity index (χ1n) is 10.6. The molecule has 1 aromatic carbocycles. The van der Waals surface area contributed by atoms with Crippen LogP contribution in [-0.2, 0) is 16.1 Å². The Morgan fingerprint density at radius 3 is 2.66 bits per heavy atom. The number of amides is 1. The van der Waals surface area contributed by atoms with Crippen LogP contribution in [0.1, 0.15) is 44.1 Å². The van der Waals surface area contributed by atoms with E-state index in [1.54, 1.807) is 7.05 Å². The van der Waals surface area contributed by atoms with Gasteiger partial charge in [0, 0.05) is 32.1 Å². The van der Waals surface area contributed by atoms with E-state index in [0.717, 1.165) is 44.9 Å². The van der Waals surface area contributed by atoms with Crippen LogP contribution in [0.15, 0.2) is 35.3 Å². The van der Waals surface area contributed by atoms with E-state index in [2.05, 4.69) is 32.7 Å². The van der Waals surface area contributed by atoms with Gasteiger partial charge in [0.15, 0.2) is 5.96 Å². The Hall–Kier alpha value is -1.35. The topological polar surface area (TPSA) is 66.0 Å². The Kier molecular flexibility index (Phi) is 10.8. The lowest BCUT2D eigenvalue weighted by molar-refractivity contribution is -0.120. The lowest BCUT2D eigenvalue weighted by atomic mass is 9.95. The summed E-state index contributed by atoms with van der Waals surface area (Å²) in [5, 5.41) is 6.37. The number of nitrogens with zero attached hydrogens (tertiary/aromatic N) is 2. The van der Waals surface area contributed by atoms with Crippen LogP contribution in [0, 0.1) is 5.92 Å². The predicted octanol–water partition coefficient (Wildman–Crippen LogP) is 3.17. The number of aliphatic imine (C=N–C) groups is 1. The molecule has 0 bridgehead atoms. The molecule has 2 fully saturated rings. The molecule has 6 nitrogen and oxygen atoms in total. The second-order valence-electron chi connectivity index (χ2n) is 7.90. The molecule has 7 heteroatoms. The third-order valence-electron chi connectivity index (χ3n) is 5.64. The maximum atomic E-state index is 12.2. The highest BCUT2D eigenvalue weighted by atomic mass is 127. The van der Waals surface area contributed by atoms with Gasteiger partial charge in [-0.05, 0) is 24.8 Å². The molecule has 1 aliphatic heterocycles. The summed E-state index contributed by atoms with van der Waals surface area (Å²) in [5.41, 5.74) is 1.21. The van der Waals surface area contributed by atoms with E-state index in [9.17, 15) is 4.79 Å². The summed E-state index contributed by atoms with van der Waals surface area (Å²) in [6, 6.07) is 10.6. The number of benzene rings is 1. The first-order chi connectivity index (χ1) is 13.7. The van der Waals surface area contributed by atoms with Crippen molar-refractivity contribution in [2.75, 3.05) is 33.3 Å². The number of hydrogen-bond acceptors (Lipinski definition) is 3. The van der Waals surface area contributed by atoms with E-state index in [-0.39, 0.29) is 36.4 Å². The van der Waals surface area contributed by atoms with Gasteiger partial charge < -0.3 is 20.3 Å². The van der Waals surface area contributed by atoms with Crippen molar-refractivity contribution >= 4 is 35.8 Å². The average molecular weight is 514 g/mol. The van der Waals surface area contributed by atoms with Gasteiger partial charge in [-0.15, -0.1) is 24.0 Å². The van der Waals surface area contributed by atoms with Crippen molar-refractivity contribution in [3.05, 3.63) is 35.9 Å². The number of likely N-dealkylation sites (tertiary alicyclic amines) is 1. The molecule has 0 aromatic heterocycles. The van der Waals surface area contributed by atoms with E-state index < -0.39 is 0 Å². The molecule has 29 heavy (non-hydrogen) atoms. The van der Waals surface area contributed by atoms with Gasteiger partial charge in [0.25, 0.3) is 0 Å². The molecule has 2 aliphatic rings. The van der Waals surface area contributed by atoms with Crippen molar-refractivity contribution in [3.63, 3.8) is 0 Å². The van der Waals surface area contributed by atoms with Gasteiger partial charge in [-0.2, -0.15) is 0 Å². The van der Waals surface area contributed by atoms with Gasteiger partial charge in [-0.1, -0.05) is 49.6 Å². The average Bonchev–Trinajstić information content (AvgIpc) is 3.19. The highest BCUT2D eigenvalue weighted by Gasteiger charge is 2.25. The van der Waals surface area contributed by atoms with Gasteiger partial charge in [0.2, 0.25) is 5.91 Å². The lowest BCUT2D eigenvalue weighted by Gasteiger charge is -2.24. The lowest BCUT2D eigenvalue weighted by Crippen LogP contribution is -2.47. The fourth-order valence-electron chi connectivity index (χ4n) is 4.10. The first kappa shape index (κ1) is 23.9. The van der Waals surface area contributed by atoms with Gasteiger partial charge in [0.1, 0.15) is 0 Å². The third-order valence-corrected chi connectivity index (χ3v) is 5.64. The van der Waals surface area contributed by atoms with E-state index in [0.29, 0.717) is 18.6 Å². The van der Waals surface area contributed by atoms with Gasteiger partial charge in [-0.3, -0.25) is 9.79 Å². The molecule has 1 heterocycles. The minimum Gasteiger partial charge on any atom is -0.376 e. The SMILES string of the molecule is CN=C(NCC(=O)NC1CCCCC1)N1CCC(COCc2ccccc2)C1.I. The smallest absolute Gasteiger partial charge is 0.239 e. The maximum absolute atomic E-state index is 12.2. The van der Waals surface area contributed by atoms with Gasteiger partial charge in [0.05, 0.1) is 19.8 Å². The third kappa shape index (κ3) is 8.12. The van der Waals surface area contributed by atoms with Crippen LogP contribution in [0.5, 0.6) is 0 Å². The minimum atomic E-state index is 0. The van der Waals surface area contributed by atoms with Crippen LogP contribution >= 0.6 is 24.0 Å². The van der Waals surface area contributed by atoms with Crippen LogP contribution in [0.2, 0.25) is 0 Å². The van der Waals surface area contributed by atoms with Crippen LogP contribution in [0.25, 0.3) is 0 Å². The predicted molar refractivity (Wildman–Crippen MR) is 128 cm³/mol. The number of carbonyl (C=O) groups is 1. The molecule has 1 atom stereocenters. The number of hydrogen-bond donors (Lipinski definition) is 2. The highest BCUT2D eigenvalue weighted by molar-refractivity contribution is 14.0. The molecule has 1 saturated heterocycles. The molecular weight excluding hydrogens is 479 g/mol. The molecule has 1 aromatic rings. The summed E-state index contributed by atoms with van der Waals surface area (Å²) >= 11 is 0. The van der Waals surface area contributed by atoms with Crippen molar-refractivity contribution < 1.29 is 9.53 Å². The van der Waals surface area contributed by atoms with Gasteiger partial charge in [-0.25, -0.2) is 0 Å². The van der Waals surface area contributed by atoms with Crippen molar-refractivity contribution in [2.45, 2.75) is 51.2 Å². The normalized spacial score (nSPS) is 20.2. The Morgan fingerprint density at radius 1 is 1.17 bits per heavy atom. The summed E-state index contributed by atoms with van der Waals surface area (Å²) in [6.45, 7) is 3.56. The number of rotatable bonds is 7. The van der Waals surface area contributed by atoms with E-state index in [1.807, 2.05) is 18.2 Å². The molecule has 1 aliphatic carbocycles. The van der Waals surface area contributed by atoms with Gasteiger partial charge >= 0.3 is 0 Å². The van der Waals surface area contributed by atoms with Crippen molar-refractivity contribution in [1.29, 1.82) is 0 Å². The van der Waals surface area contributed by atoms with E-state index >= 15 is 0 Å². The first-order valence-corrected chi connectivity index (χ1v) is 10.6. The molecule has 1 saturated carbocycles. The quantitative estimate of drug-likeness (QED) is 0.334. The van der Waals surface area contributed by atoms with Crippen LogP contribution in [-0.4, -0.2) is 56.1 Å². The van der Waals surface area contributed by atoms with E-state index in [4.69, 9.17) is 4.74 Å². The van der Waals surface area contributed by atoms with Crippen molar-refractivity contribution in [3.8, 4) is 0 Å². The monoisotopic (exact) mass is 514 g/mol. The van der Waals surface area contributed by atoms with E-state index in [1.165, 1.54) is 24.8 Å². The fraction of sp³-hybridized carbons (Fsp3) is 0.636. The second-order valence-corrected chi connectivity index (χ2v) is 7.90. The molecule has 1 amide bonds. The highest BCUT2D eigenvalue weighted by Crippen LogP contribution is 2.18. The molecule has 3 rings (SSSR count). The Bertz CT molecular complexity index is 635. The van der Waals surface area contributed by atoms with Crippen molar-refractivity contribution in [2.24, 2.45) is 10.9 Å². The molecular formula is C22H35IN4O2. The molecule has 0 spiro atoms. The summed E-state index contributed by atoms with van der Waals surface area (Å²) in [4.78, 5) is 18.8. The summed E-state index contributed by atoms with van der Waals surface area (Å²) in [5.74, 6) is 1.37. The largest absolute Gasteiger partial charge is 0.376 e. The standard InChI is InChI=1S/C22H34N4O2.HI/c1-23-22(24-14-21(27)25-20-10-6-3-7-11-20)26-13-12-19(15-26)17-28-16-18-8-4-2-5-9-18;/h2,4-5,8-9,19-20H,3,6-7,10-17H2,1H3,(H,23,24)(H,25,27);1H. The second kappa shape index (κ2) is 13.1. The minimum absolute atomic E-state index is 0. The zero-order valence-electron chi connectivity index (χ0n) is 17.4. The van der Waals surface area contributed by atoms with Crippen LogP contribution in [0.3, 0.4) is 0 Å². The Labute approximate surface area is 191 Å².